The van der Waals surface area contributed by atoms with Crippen molar-refractivity contribution in [1.29, 1.82) is 5.26 Å². The summed E-state index contributed by atoms with van der Waals surface area (Å²) in [4.78, 5) is 10.9. The van der Waals surface area contributed by atoms with Crippen LogP contribution in [0.15, 0.2) is 0 Å². The molecule has 0 bridgehead atoms. The average molecular weight is 626 g/mol. The molecular weight excluding hydrogens is 546 g/mol. The van der Waals surface area contributed by atoms with Gasteiger partial charge < -0.3 is 10.2 Å². The molecule has 0 aliphatic heterocycles. The molecule has 6 nitrogen and oxygen atoms in total. The molecule has 0 aromatic heterocycles. The molecule has 2 N–H and O–H groups in total. The van der Waals surface area contributed by atoms with Gasteiger partial charge in [0.05, 0.1) is 16.7 Å². The number of Topliss-reactive ketones (excluding diaryl/α,β-unsaturated/α-hetero) is 1. The Morgan fingerprint density at radius 1 is 0.762 bits per heavy atom. The highest BCUT2D eigenvalue weighted by Gasteiger charge is 2.27. The fraction of sp³-hybridized carbons (Fsp3) is 0.943. The van der Waals surface area contributed by atoms with Crippen LogP contribution in [0.3, 0.4) is 0 Å². The number of rotatable bonds is 10. The molecule has 0 unspecified atom stereocenters. The molecule has 0 saturated heterocycles. The number of sulfone groups is 1. The second-order valence-corrected chi connectivity index (χ2v) is 16.8. The first-order chi connectivity index (χ1) is 17.7. The summed E-state index contributed by atoms with van der Waals surface area (Å²) in [6.07, 6.45) is 1.84. The molecule has 0 amide bonds. The number of carbonyl (C=O) groups is 1. The number of hydrogen-bond acceptors (Lipinski definition) is 6. The Morgan fingerprint density at radius 2 is 1.14 bits per heavy atom. The van der Waals surface area contributed by atoms with Crippen LogP contribution < -0.4 is 0 Å². The van der Waals surface area contributed by atoms with Crippen molar-refractivity contribution >= 4 is 15.6 Å². The zero-order valence-electron chi connectivity index (χ0n) is 29.9. The lowest BCUT2D eigenvalue weighted by Gasteiger charge is -2.27. The van der Waals surface area contributed by atoms with Crippen molar-refractivity contribution in [3.05, 3.63) is 0 Å². The normalized spacial score (nSPS) is 11.3. The Kier molecular flexibility index (Phi) is 37.3. The summed E-state index contributed by atoms with van der Waals surface area (Å²) in [7, 11) is -2.74. The van der Waals surface area contributed by atoms with Gasteiger partial charge in [0.25, 0.3) is 0 Å². The van der Waals surface area contributed by atoms with Gasteiger partial charge in [0, 0.05) is 24.4 Å². The van der Waals surface area contributed by atoms with Gasteiger partial charge in [-0.05, 0) is 76.5 Å². The highest BCUT2D eigenvalue weighted by atomic mass is 32.2. The maximum absolute atomic E-state index is 10.9. The smallest absolute Gasteiger partial charge is 0.152 e. The molecule has 0 aromatic rings. The lowest BCUT2D eigenvalue weighted by Crippen LogP contribution is -2.27. The molecule has 7 heteroatoms. The van der Waals surface area contributed by atoms with Crippen molar-refractivity contribution in [3.63, 3.8) is 0 Å². The van der Waals surface area contributed by atoms with Gasteiger partial charge in [-0.25, -0.2) is 8.42 Å². The lowest BCUT2D eigenvalue weighted by atomic mass is 9.78. The van der Waals surface area contributed by atoms with E-state index in [2.05, 4.69) is 75.3 Å². The van der Waals surface area contributed by atoms with Gasteiger partial charge in [0.2, 0.25) is 0 Å². The third kappa shape index (κ3) is 32.0. The third-order valence-corrected chi connectivity index (χ3v) is 10.5. The van der Waals surface area contributed by atoms with E-state index in [1.807, 2.05) is 27.7 Å². The van der Waals surface area contributed by atoms with E-state index in [4.69, 9.17) is 15.5 Å². The van der Waals surface area contributed by atoms with Crippen molar-refractivity contribution in [2.75, 3.05) is 19.0 Å². The van der Waals surface area contributed by atoms with E-state index in [-0.39, 0.29) is 42.5 Å². The van der Waals surface area contributed by atoms with Crippen LogP contribution in [-0.2, 0) is 14.6 Å². The number of aliphatic hydroxyl groups is 2. The van der Waals surface area contributed by atoms with E-state index in [1.54, 1.807) is 27.7 Å². The van der Waals surface area contributed by atoms with Crippen LogP contribution in [0.5, 0.6) is 0 Å². The Morgan fingerprint density at radius 3 is 1.17 bits per heavy atom. The second-order valence-electron chi connectivity index (χ2n) is 13.9. The zero-order valence-corrected chi connectivity index (χ0v) is 30.7. The molecule has 0 heterocycles. The number of hydrogen-bond donors (Lipinski definition) is 2. The fourth-order valence-electron chi connectivity index (χ4n) is 1.70. The number of aliphatic hydroxyl groups excluding tert-OH is 2. The Bertz CT molecular complexity index is 757. The number of nitrogens with zero attached hydrogens (tertiary/aromatic N) is 1. The number of carbonyl (C=O) groups excluding carboxylic acids is 1. The minimum absolute atomic E-state index is 0. The van der Waals surface area contributed by atoms with Gasteiger partial charge in [0.1, 0.15) is 5.78 Å². The largest absolute Gasteiger partial charge is 0.396 e. The predicted molar refractivity (Wildman–Crippen MR) is 188 cm³/mol. The van der Waals surface area contributed by atoms with Gasteiger partial charge in [-0.2, -0.15) is 5.26 Å². The molecule has 0 radical (unpaired) electrons. The molecular formula is C35H79NO5S. The highest BCUT2D eigenvalue weighted by Crippen LogP contribution is 2.29. The van der Waals surface area contributed by atoms with Crippen molar-refractivity contribution < 1.29 is 23.4 Å². The Hall–Kier alpha value is -0.970. The maximum Gasteiger partial charge on any atom is 0.152 e. The molecule has 0 saturated carbocycles. The first-order valence-corrected chi connectivity index (χ1v) is 16.7. The molecule has 260 valence electrons. The summed E-state index contributed by atoms with van der Waals surface area (Å²) in [5.41, 5.74) is 0.00868. The monoisotopic (exact) mass is 626 g/mol. The van der Waals surface area contributed by atoms with Crippen molar-refractivity contribution in [3.8, 4) is 6.07 Å². The summed E-state index contributed by atoms with van der Waals surface area (Å²) < 4.78 is 21.4. The molecule has 42 heavy (non-hydrogen) atoms. The summed E-state index contributed by atoms with van der Waals surface area (Å²) in [5, 5.41) is 25.2. The van der Waals surface area contributed by atoms with Crippen LogP contribution in [0.4, 0.5) is 0 Å². The van der Waals surface area contributed by atoms with Crippen LogP contribution in [0.1, 0.15) is 152 Å². The minimum Gasteiger partial charge on any atom is -0.396 e. The van der Waals surface area contributed by atoms with Crippen LogP contribution in [-0.4, -0.2) is 48.6 Å². The quantitative estimate of drug-likeness (QED) is 0.250. The molecule has 0 aromatic carbocycles. The molecule has 0 atom stereocenters. The summed E-state index contributed by atoms with van der Waals surface area (Å²) >= 11 is 0. The molecule has 0 spiro atoms. The van der Waals surface area contributed by atoms with Gasteiger partial charge >= 0.3 is 0 Å². The van der Waals surface area contributed by atoms with E-state index in [0.717, 1.165) is 12.8 Å². The summed E-state index contributed by atoms with van der Waals surface area (Å²) in [6.45, 7) is 36.4. The van der Waals surface area contributed by atoms with Crippen molar-refractivity contribution in [2.24, 2.45) is 39.9 Å². The maximum atomic E-state index is 10.9. The van der Waals surface area contributed by atoms with E-state index >= 15 is 0 Å². The van der Waals surface area contributed by atoms with E-state index in [1.165, 1.54) is 0 Å². The summed E-state index contributed by atoms with van der Waals surface area (Å²) in [6, 6.07) is 2.24. The standard InChI is InChI=1S/C8H18O.C8H16O.C7H13N.C5H12O2S.C5H12O.2CH4/c1-7(2)8(3,4)5-6-9;1-6(2)8(4,5)7(3)9;1-6(2)7(3,4)5-8;1-4-8(6,7)5(2)3;1-5(2)3-4-6;;/h7,9H,5-6H2,1-4H3;6H,1-5H3;6H,1-4H3;5H,4H2,1-3H3;5-6H,3-4H2,1-2H3;2*1H4. The van der Waals surface area contributed by atoms with E-state index in [9.17, 15) is 13.2 Å². The molecule has 0 aliphatic rings. The predicted octanol–water partition coefficient (Wildman–Crippen LogP) is 9.63. The van der Waals surface area contributed by atoms with E-state index < -0.39 is 9.84 Å². The molecule has 0 fully saturated rings. The average Bonchev–Trinajstić information content (AvgIpc) is 2.80. The van der Waals surface area contributed by atoms with Gasteiger partial charge in [-0.1, -0.05) is 105 Å². The van der Waals surface area contributed by atoms with Crippen LogP contribution in [0.2, 0.25) is 0 Å². The highest BCUT2D eigenvalue weighted by molar-refractivity contribution is 7.91. The van der Waals surface area contributed by atoms with E-state index in [0.29, 0.717) is 42.3 Å². The van der Waals surface area contributed by atoms with Gasteiger partial charge in [-0.15, -0.1) is 0 Å². The van der Waals surface area contributed by atoms with Crippen molar-refractivity contribution in [1.82, 2.24) is 0 Å². The van der Waals surface area contributed by atoms with Crippen LogP contribution >= 0.6 is 0 Å². The fourth-order valence-corrected chi connectivity index (χ4v) is 2.37. The first-order valence-electron chi connectivity index (χ1n) is 15.0. The molecule has 0 rings (SSSR count). The van der Waals surface area contributed by atoms with Crippen molar-refractivity contribution in [2.45, 2.75) is 158 Å². The third-order valence-electron chi connectivity index (χ3n) is 8.23. The zero-order chi connectivity index (χ0) is 33.7. The van der Waals surface area contributed by atoms with Crippen LogP contribution in [0, 0.1) is 51.2 Å². The van der Waals surface area contributed by atoms with Crippen LogP contribution in [0.25, 0.3) is 0 Å². The SMILES string of the molecule is C.C.CC(=O)C(C)(C)C(C)C.CC(C)C(C)(C)C#N.CC(C)C(C)(C)CCO.CC(C)CCO.CCS(=O)(=O)C(C)C. The van der Waals surface area contributed by atoms with Gasteiger partial charge in [0.15, 0.2) is 9.84 Å². The Labute approximate surface area is 266 Å². The second kappa shape index (κ2) is 27.6. The minimum atomic E-state index is -2.74. The number of nitriles is 1. The molecule has 0 aliphatic carbocycles. The summed E-state index contributed by atoms with van der Waals surface area (Å²) in [5.74, 6) is 2.73. The number of ketones is 1. The first kappa shape index (κ1) is 56.8. The Balaban J connectivity index is -0.0000000725. The van der Waals surface area contributed by atoms with Gasteiger partial charge in [-0.3, -0.25) is 4.79 Å². The lowest BCUT2D eigenvalue weighted by molar-refractivity contribution is -0.126. The topological polar surface area (TPSA) is 115 Å².